The van der Waals surface area contributed by atoms with Crippen LogP contribution in [0.4, 0.5) is 20.8 Å². The molecule has 1 aliphatic carbocycles. The third-order valence-electron chi connectivity index (χ3n) is 5.77. The van der Waals surface area contributed by atoms with E-state index in [1.165, 1.54) is 17.4 Å². The second kappa shape index (κ2) is 8.73. The van der Waals surface area contributed by atoms with Crippen LogP contribution in [0, 0.1) is 11.7 Å². The summed E-state index contributed by atoms with van der Waals surface area (Å²) in [6, 6.07) is 8.76. The highest BCUT2D eigenvalue weighted by Gasteiger charge is 2.30. The molecule has 2 heterocycles. The Balaban J connectivity index is 1.36. The molecule has 1 aromatic carbocycles. The summed E-state index contributed by atoms with van der Waals surface area (Å²) in [4.78, 5) is 29.1. The van der Waals surface area contributed by atoms with Crippen molar-refractivity contribution in [3.05, 3.63) is 41.0 Å². The number of halogens is 1. The van der Waals surface area contributed by atoms with Crippen LogP contribution >= 0.6 is 11.3 Å². The van der Waals surface area contributed by atoms with Crippen molar-refractivity contribution in [3.8, 4) is 0 Å². The molecule has 0 bridgehead atoms. The van der Waals surface area contributed by atoms with Crippen LogP contribution in [-0.4, -0.2) is 49.9 Å². The van der Waals surface area contributed by atoms with E-state index in [9.17, 15) is 14.0 Å². The van der Waals surface area contributed by atoms with Crippen LogP contribution in [-0.2, 0) is 4.79 Å². The Morgan fingerprint density at radius 1 is 1.07 bits per heavy atom. The Labute approximate surface area is 180 Å². The number of hydrogen-bond acceptors (Lipinski definition) is 5. The molecule has 1 aliphatic heterocycles. The van der Waals surface area contributed by atoms with Crippen LogP contribution in [0.2, 0.25) is 0 Å². The average molecular weight is 431 g/mol. The van der Waals surface area contributed by atoms with Crippen LogP contribution in [0.15, 0.2) is 30.3 Å². The van der Waals surface area contributed by atoms with E-state index in [2.05, 4.69) is 34.5 Å². The lowest BCUT2D eigenvalue weighted by Crippen LogP contribution is -2.42. The van der Waals surface area contributed by atoms with Gasteiger partial charge in [-0.1, -0.05) is 0 Å². The maximum atomic E-state index is 14.7. The van der Waals surface area contributed by atoms with Crippen molar-refractivity contribution in [2.75, 3.05) is 42.7 Å². The fourth-order valence-electron chi connectivity index (χ4n) is 3.75. The topological polar surface area (TPSA) is 64.7 Å². The number of amides is 2. The van der Waals surface area contributed by atoms with Gasteiger partial charge in [0, 0.05) is 30.7 Å². The minimum atomic E-state index is -0.334. The average Bonchev–Trinajstić information content (AvgIpc) is 3.47. The summed E-state index contributed by atoms with van der Waals surface area (Å²) in [6.45, 7) is 1.63. The summed E-state index contributed by atoms with van der Waals surface area (Å²) in [5.74, 6) is -0.527. The zero-order valence-electron chi connectivity index (χ0n) is 17.3. The fourth-order valence-corrected chi connectivity index (χ4v) is 4.56. The smallest absolute Gasteiger partial charge is 0.265 e. The van der Waals surface area contributed by atoms with Crippen LogP contribution in [0.3, 0.4) is 0 Å². The van der Waals surface area contributed by atoms with Crippen LogP contribution in [0.1, 0.15) is 35.4 Å². The number of nitrogens with one attached hydrogen (secondary N) is 2. The van der Waals surface area contributed by atoms with Gasteiger partial charge in [0.2, 0.25) is 5.91 Å². The van der Waals surface area contributed by atoms with E-state index >= 15 is 0 Å². The number of carbonyl (C=O) groups excluding carboxylic acids is 2. The van der Waals surface area contributed by atoms with E-state index in [0.717, 1.165) is 38.8 Å². The van der Waals surface area contributed by atoms with Crippen molar-refractivity contribution in [2.45, 2.75) is 31.7 Å². The Bertz CT molecular complexity index is 933. The van der Waals surface area contributed by atoms with Gasteiger partial charge < -0.3 is 20.4 Å². The largest absolute Gasteiger partial charge is 0.369 e. The molecular formula is C22H27FN4O2S. The van der Waals surface area contributed by atoms with Gasteiger partial charge in [-0.3, -0.25) is 9.59 Å². The third-order valence-corrected chi connectivity index (χ3v) is 6.76. The molecule has 8 heteroatoms. The molecule has 0 radical (unpaired) electrons. The summed E-state index contributed by atoms with van der Waals surface area (Å²) in [6.07, 6.45) is 3.87. The van der Waals surface area contributed by atoms with Gasteiger partial charge in [0.25, 0.3) is 5.91 Å². The molecule has 1 saturated carbocycles. The second-order valence-corrected chi connectivity index (χ2v) is 9.31. The van der Waals surface area contributed by atoms with E-state index < -0.39 is 0 Å². The van der Waals surface area contributed by atoms with Crippen molar-refractivity contribution in [1.29, 1.82) is 0 Å². The van der Waals surface area contributed by atoms with Gasteiger partial charge in [-0.05, 0) is 70.1 Å². The van der Waals surface area contributed by atoms with Crippen molar-refractivity contribution in [2.24, 2.45) is 5.92 Å². The quantitative estimate of drug-likeness (QED) is 0.727. The van der Waals surface area contributed by atoms with Gasteiger partial charge in [0.05, 0.1) is 15.6 Å². The maximum Gasteiger partial charge on any atom is 0.265 e. The number of benzene rings is 1. The molecule has 0 spiro atoms. The summed E-state index contributed by atoms with van der Waals surface area (Å²) in [5.41, 5.74) is 0.993. The molecule has 0 atom stereocenters. The summed E-state index contributed by atoms with van der Waals surface area (Å²) >= 11 is 1.22. The predicted octanol–water partition coefficient (Wildman–Crippen LogP) is 4.02. The molecule has 160 valence electrons. The Morgan fingerprint density at radius 3 is 2.43 bits per heavy atom. The first-order valence-corrected chi connectivity index (χ1v) is 11.2. The normalized spacial score (nSPS) is 17.3. The maximum absolute atomic E-state index is 14.7. The lowest BCUT2D eigenvalue weighted by atomic mass is 10.0. The van der Waals surface area contributed by atoms with E-state index in [1.807, 2.05) is 0 Å². The molecule has 2 amide bonds. The van der Waals surface area contributed by atoms with Gasteiger partial charge in [-0.2, -0.15) is 0 Å². The first-order valence-electron chi connectivity index (χ1n) is 10.3. The molecule has 30 heavy (non-hydrogen) atoms. The van der Waals surface area contributed by atoms with Crippen LogP contribution < -0.4 is 15.5 Å². The highest BCUT2D eigenvalue weighted by Crippen LogP contribution is 2.32. The first-order chi connectivity index (χ1) is 14.4. The SMILES string of the molecule is CN(C)C1CCN(c2ccc(NC(=O)c3ccc(NC(=O)C4CC4)s3)cc2F)CC1. The molecule has 6 nitrogen and oxygen atoms in total. The van der Waals surface area contributed by atoms with Gasteiger partial charge in [-0.25, -0.2) is 4.39 Å². The Hall–Kier alpha value is -2.45. The van der Waals surface area contributed by atoms with Crippen LogP contribution in [0.25, 0.3) is 0 Å². The number of rotatable bonds is 6. The van der Waals surface area contributed by atoms with Gasteiger partial charge >= 0.3 is 0 Å². The number of nitrogens with zero attached hydrogens (tertiary/aromatic N) is 2. The van der Waals surface area contributed by atoms with Crippen molar-refractivity contribution >= 4 is 39.5 Å². The highest BCUT2D eigenvalue weighted by molar-refractivity contribution is 7.18. The molecule has 4 rings (SSSR count). The number of carbonyl (C=O) groups is 2. The zero-order chi connectivity index (χ0) is 21.3. The number of anilines is 3. The van der Waals surface area contributed by atoms with E-state index in [1.54, 1.807) is 24.3 Å². The predicted molar refractivity (Wildman–Crippen MR) is 119 cm³/mol. The lowest BCUT2D eigenvalue weighted by molar-refractivity contribution is -0.117. The van der Waals surface area contributed by atoms with Gasteiger partial charge in [0.1, 0.15) is 5.82 Å². The third kappa shape index (κ3) is 4.82. The highest BCUT2D eigenvalue weighted by atomic mass is 32.1. The lowest BCUT2D eigenvalue weighted by Gasteiger charge is -2.36. The molecule has 2 N–H and O–H groups in total. The molecular weight excluding hydrogens is 403 g/mol. The Kier molecular flexibility index (Phi) is 6.06. The van der Waals surface area contributed by atoms with Crippen molar-refractivity contribution in [1.82, 2.24) is 4.90 Å². The minimum Gasteiger partial charge on any atom is -0.369 e. The fraction of sp³-hybridized carbons (Fsp3) is 0.455. The summed E-state index contributed by atoms with van der Waals surface area (Å²) in [7, 11) is 4.16. The molecule has 1 saturated heterocycles. The summed E-state index contributed by atoms with van der Waals surface area (Å²) in [5, 5.41) is 6.24. The molecule has 0 unspecified atom stereocenters. The second-order valence-electron chi connectivity index (χ2n) is 8.23. The van der Waals surface area contributed by atoms with E-state index in [-0.39, 0.29) is 23.5 Å². The van der Waals surface area contributed by atoms with Crippen molar-refractivity contribution in [3.63, 3.8) is 0 Å². The zero-order valence-corrected chi connectivity index (χ0v) is 18.1. The first kappa shape index (κ1) is 20.8. The van der Waals surface area contributed by atoms with Crippen LogP contribution in [0.5, 0.6) is 0 Å². The molecule has 2 aliphatic rings. The minimum absolute atomic E-state index is 0.0103. The van der Waals surface area contributed by atoms with Crippen molar-refractivity contribution < 1.29 is 14.0 Å². The standard InChI is InChI=1S/C22H27FN4O2S/c1-26(2)16-9-11-27(12-10-16)18-6-5-15(13-17(18)23)24-22(29)19-7-8-20(30-19)25-21(28)14-3-4-14/h5-8,13-14,16H,3-4,9-12H2,1-2H3,(H,24,29)(H,25,28). The van der Waals surface area contributed by atoms with Gasteiger partial charge in [-0.15, -0.1) is 11.3 Å². The number of piperidine rings is 1. The molecule has 2 aromatic rings. The van der Waals surface area contributed by atoms with Gasteiger partial charge in [0.15, 0.2) is 0 Å². The molecule has 2 fully saturated rings. The summed E-state index contributed by atoms with van der Waals surface area (Å²) < 4.78 is 14.7. The Morgan fingerprint density at radius 2 is 1.80 bits per heavy atom. The monoisotopic (exact) mass is 430 g/mol. The number of thiophene rings is 1. The molecule has 1 aromatic heterocycles. The van der Waals surface area contributed by atoms with E-state index in [0.29, 0.717) is 27.3 Å². The number of hydrogen-bond donors (Lipinski definition) is 2. The van der Waals surface area contributed by atoms with E-state index in [4.69, 9.17) is 0 Å².